The minimum atomic E-state index is -1.11. The van der Waals surface area contributed by atoms with Crippen LogP contribution in [0.25, 0.3) is 5.53 Å². The number of carbonyl (C=O) groups excluding carboxylic acids is 3. The summed E-state index contributed by atoms with van der Waals surface area (Å²) in [5.74, 6) is -1.92. The van der Waals surface area contributed by atoms with Crippen LogP contribution >= 0.6 is 0 Å². The molecule has 0 bridgehead atoms. The maximum atomic E-state index is 11.9. The van der Waals surface area contributed by atoms with Gasteiger partial charge in [-0.1, -0.05) is 0 Å². The Bertz CT molecular complexity index is 507. The summed E-state index contributed by atoms with van der Waals surface area (Å²) in [4.78, 5) is 37.5. The first kappa shape index (κ1) is 19.4. The van der Waals surface area contributed by atoms with Crippen LogP contribution in [0.2, 0.25) is 0 Å². The number of ketones is 1. The van der Waals surface area contributed by atoms with E-state index in [1.165, 1.54) is 21.0 Å². The number of hydrogen-bond donors (Lipinski definition) is 1. The van der Waals surface area contributed by atoms with Gasteiger partial charge in [-0.25, -0.2) is 4.79 Å². The van der Waals surface area contributed by atoms with Crippen molar-refractivity contribution >= 4 is 23.9 Å². The van der Waals surface area contributed by atoms with Gasteiger partial charge in [-0.15, -0.1) is 0 Å². The largest absolute Gasteiger partial charge is 0.446 e. The molecule has 0 aliphatic carbocycles. The Morgan fingerprint density at radius 3 is 2.55 bits per heavy atom. The minimum absolute atomic E-state index is 0.0655. The molecule has 9 heteroatoms. The van der Waals surface area contributed by atoms with Gasteiger partial charge in [-0.3, -0.25) is 9.59 Å². The Morgan fingerprint density at radius 2 is 2.05 bits per heavy atom. The lowest BCUT2D eigenvalue weighted by molar-refractivity contribution is -0.151. The monoisotopic (exact) mass is 310 g/mol. The number of Topliss-reactive ketones (excluding diaryl/α,β-unsaturated/α-hetero) is 1. The number of rotatable bonds is 9. The first-order valence-electron chi connectivity index (χ1n) is 6.49. The molecule has 3 atom stereocenters. The topological polar surface area (TPSA) is 142 Å². The van der Waals surface area contributed by atoms with Crippen LogP contribution in [-0.2, 0) is 23.9 Å². The van der Waals surface area contributed by atoms with Crippen LogP contribution in [0, 0.1) is 11.3 Å². The van der Waals surface area contributed by atoms with Gasteiger partial charge in [0.05, 0.1) is 0 Å². The molecule has 0 heterocycles. The first-order valence-corrected chi connectivity index (χ1v) is 6.49. The summed E-state index contributed by atoms with van der Waals surface area (Å²) in [6.07, 6.45) is -1.30. The number of methoxy groups -OCH3 is 1. The predicted octanol–water partition coefficient (Wildman–Crippen LogP) is -0.389. The Labute approximate surface area is 127 Å². The SMILES string of the molecule is CO[C@H](C)C(=O)N[C@@H](CCC(=O)C=[N+]=[N-])C(=O)O[C@H](C)C#N. The summed E-state index contributed by atoms with van der Waals surface area (Å²) in [7, 11) is 1.33. The van der Waals surface area contributed by atoms with Crippen molar-refractivity contribution in [2.75, 3.05) is 7.11 Å². The highest BCUT2D eigenvalue weighted by Gasteiger charge is 2.26. The van der Waals surface area contributed by atoms with Crippen molar-refractivity contribution in [1.29, 1.82) is 5.26 Å². The van der Waals surface area contributed by atoms with Crippen LogP contribution in [0.4, 0.5) is 0 Å². The van der Waals surface area contributed by atoms with Crippen molar-refractivity contribution in [3.63, 3.8) is 0 Å². The molecule has 0 radical (unpaired) electrons. The molecule has 1 N–H and O–H groups in total. The van der Waals surface area contributed by atoms with Crippen LogP contribution < -0.4 is 5.32 Å². The molecule has 22 heavy (non-hydrogen) atoms. The van der Waals surface area contributed by atoms with Crippen molar-refractivity contribution in [2.24, 2.45) is 0 Å². The average molecular weight is 310 g/mol. The second-order valence-electron chi connectivity index (χ2n) is 4.40. The van der Waals surface area contributed by atoms with E-state index < -0.39 is 35.9 Å². The van der Waals surface area contributed by atoms with E-state index in [1.54, 1.807) is 6.07 Å². The summed E-state index contributed by atoms with van der Waals surface area (Å²) in [6, 6.07) is 0.608. The van der Waals surface area contributed by atoms with Gasteiger partial charge in [0.25, 0.3) is 0 Å². The fourth-order valence-corrected chi connectivity index (χ4v) is 1.34. The van der Waals surface area contributed by atoms with Crippen LogP contribution in [0.15, 0.2) is 0 Å². The summed E-state index contributed by atoms with van der Waals surface area (Å²) >= 11 is 0. The van der Waals surface area contributed by atoms with Gasteiger partial charge < -0.3 is 20.3 Å². The Morgan fingerprint density at radius 1 is 1.41 bits per heavy atom. The lowest BCUT2D eigenvalue weighted by atomic mass is 10.1. The molecular weight excluding hydrogens is 292 g/mol. The zero-order chi connectivity index (χ0) is 17.1. The van der Waals surface area contributed by atoms with Crippen LogP contribution in [0.1, 0.15) is 26.7 Å². The van der Waals surface area contributed by atoms with Gasteiger partial charge in [-0.05, 0) is 20.3 Å². The molecule has 0 spiro atoms. The first-order chi connectivity index (χ1) is 10.3. The molecule has 0 saturated heterocycles. The quantitative estimate of drug-likeness (QED) is 0.266. The van der Waals surface area contributed by atoms with Gasteiger partial charge in [0.1, 0.15) is 18.2 Å². The molecule has 0 aromatic heterocycles. The summed E-state index contributed by atoms with van der Waals surface area (Å²) in [6.45, 7) is 2.86. The molecule has 0 fully saturated rings. The maximum Gasteiger partial charge on any atom is 0.329 e. The fourth-order valence-electron chi connectivity index (χ4n) is 1.34. The van der Waals surface area contributed by atoms with Gasteiger partial charge in [0.2, 0.25) is 11.7 Å². The summed E-state index contributed by atoms with van der Waals surface area (Å²) < 4.78 is 9.64. The highest BCUT2D eigenvalue weighted by Crippen LogP contribution is 2.04. The van der Waals surface area contributed by atoms with Crippen LogP contribution in [0.5, 0.6) is 0 Å². The van der Waals surface area contributed by atoms with Crippen molar-refractivity contribution in [3.05, 3.63) is 5.53 Å². The molecule has 0 saturated carbocycles. The summed E-state index contributed by atoms with van der Waals surface area (Å²) in [5, 5.41) is 11.0. The molecule has 0 aromatic carbocycles. The Kier molecular flexibility index (Phi) is 9.02. The van der Waals surface area contributed by atoms with E-state index >= 15 is 0 Å². The lowest BCUT2D eigenvalue weighted by Crippen LogP contribution is -2.46. The number of hydrogen-bond acceptors (Lipinski definition) is 6. The van der Waals surface area contributed by atoms with Crippen molar-refractivity contribution in [3.8, 4) is 6.07 Å². The standard InChI is InChI=1S/C13H18N4O5/c1-8(6-14)22-13(20)11(5-4-10(18)7-16-15)17-12(19)9(2)21-3/h7-9,11H,4-5H2,1-3H3,(H,17,19)/t8-,9-,11+/m1/s1. The molecule has 1 amide bonds. The van der Waals surface area contributed by atoms with Gasteiger partial charge in [0, 0.05) is 13.5 Å². The zero-order valence-corrected chi connectivity index (χ0v) is 12.6. The zero-order valence-electron chi connectivity index (χ0n) is 12.6. The molecule has 0 aromatic rings. The number of carbonyl (C=O) groups is 3. The van der Waals surface area contributed by atoms with E-state index in [4.69, 9.17) is 20.3 Å². The van der Waals surface area contributed by atoms with Crippen molar-refractivity contribution in [2.45, 2.75) is 44.9 Å². The second kappa shape index (κ2) is 10.2. The second-order valence-corrected chi connectivity index (χ2v) is 4.40. The van der Waals surface area contributed by atoms with Crippen LogP contribution in [0.3, 0.4) is 0 Å². The molecular formula is C13H18N4O5. The van der Waals surface area contributed by atoms with Crippen molar-refractivity contribution < 1.29 is 28.6 Å². The highest BCUT2D eigenvalue weighted by atomic mass is 16.5. The number of nitrogens with zero attached hydrogens (tertiary/aromatic N) is 3. The van der Waals surface area contributed by atoms with Crippen LogP contribution in [-0.4, -0.2) is 54.0 Å². The van der Waals surface area contributed by atoms with Gasteiger partial charge >= 0.3 is 12.2 Å². The van der Waals surface area contributed by atoms with E-state index in [9.17, 15) is 14.4 Å². The molecule has 0 aliphatic rings. The number of nitriles is 1. The highest BCUT2D eigenvalue weighted by molar-refractivity contribution is 6.25. The van der Waals surface area contributed by atoms with Crippen molar-refractivity contribution in [1.82, 2.24) is 5.32 Å². The molecule has 120 valence electrons. The molecule has 9 nitrogen and oxygen atoms in total. The normalized spacial score (nSPS) is 13.7. The maximum absolute atomic E-state index is 11.9. The third kappa shape index (κ3) is 7.28. The van der Waals surface area contributed by atoms with E-state index in [1.807, 2.05) is 0 Å². The predicted molar refractivity (Wildman–Crippen MR) is 73.5 cm³/mol. The van der Waals surface area contributed by atoms with Gasteiger partial charge in [-0.2, -0.15) is 10.1 Å². The minimum Gasteiger partial charge on any atom is -0.446 e. The fraction of sp³-hybridized carbons (Fsp3) is 0.615. The number of ether oxygens (including phenoxy) is 2. The van der Waals surface area contributed by atoms with E-state index in [-0.39, 0.29) is 12.8 Å². The molecule has 0 rings (SSSR count). The van der Waals surface area contributed by atoms with E-state index in [0.717, 1.165) is 0 Å². The lowest BCUT2D eigenvalue weighted by Gasteiger charge is -2.19. The van der Waals surface area contributed by atoms with E-state index in [0.29, 0.717) is 6.21 Å². The number of esters is 1. The Hall–Kier alpha value is -2.56. The Balaban J connectivity index is 4.86. The number of amides is 1. The summed E-state index contributed by atoms with van der Waals surface area (Å²) in [5.41, 5.74) is 8.25. The average Bonchev–Trinajstić information content (AvgIpc) is 2.50. The van der Waals surface area contributed by atoms with Gasteiger partial charge in [0.15, 0.2) is 6.10 Å². The molecule has 0 unspecified atom stereocenters. The third-order valence-corrected chi connectivity index (χ3v) is 2.68. The smallest absolute Gasteiger partial charge is 0.329 e. The number of nitrogens with one attached hydrogen (secondary N) is 1. The van der Waals surface area contributed by atoms with E-state index in [2.05, 4.69) is 10.1 Å². The molecule has 0 aliphatic heterocycles. The third-order valence-electron chi connectivity index (χ3n) is 2.68.